The first kappa shape index (κ1) is 13.9. The van der Waals surface area contributed by atoms with E-state index in [-0.39, 0.29) is 12.6 Å². The van der Waals surface area contributed by atoms with E-state index in [1.807, 2.05) is 19.1 Å². The molecule has 2 rings (SSSR count). The van der Waals surface area contributed by atoms with Crippen molar-refractivity contribution in [2.24, 2.45) is 5.41 Å². The Hall–Kier alpha value is -1.56. The number of amides is 2. The first-order chi connectivity index (χ1) is 8.93. The maximum Gasteiger partial charge on any atom is 0.319 e. The van der Waals surface area contributed by atoms with Gasteiger partial charge in [0.1, 0.15) is 0 Å². The van der Waals surface area contributed by atoms with Crippen molar-refractivity contribution in [2.45, 2.75) is 19.8 Å². The fourth-order valence-corrected chi connectivity index (χ4v) is 2.01. The van der Waals surface area contributed by atoms with Crippen molar-refractivity contribution in [1.29, 1.82) is 0 Å². The zero-order chi connectivity index (χ0) is 14.0. The van der Waals surface area contributed by atoms with E-state index in [2.05, 4.69) is 26.6 Å². The molecule has 1 aliphatic rings. The van der Waals surface area contributed by atoms with Crippen LogP contribution in [0.4, 0.5) is 10.5 Å². The Balaban J connectivity index is 1.88. The Bertz CT molecular complexity index is 527. The molecule has 6 heteroatoms. The van der Waals surface area contributed by atoms with Gasteiger partial charge in [0.15, 0.2) is 0 Å². The lowest BCUT2D eigenvalue weighted by Crippen LogP contribution is -2.36. The van der Waals surface area contributed by atoms with Crippen LogP contribution in [0.25, 0.3) is 0 Å². The molecule has 0 atom stereocenters. The van der Waals surface area contributed by atoms with Crippen LogP contribution in [0.2, 0.25) is 0 Å². The standard InChI is InChI=1S/C13H15BrN2O3/c1-8-6-9(2-3-10(8)14)16-12(19)15-7-13(4-5-13)11(17)18/h2-3,6H,4-5,7H2,1H3,(H,17,18)(H2,15,16,19). The Morgan fingerprint density at radius 2 is 2.11 bits per heavy atom. The van der Waals surface area contributed by atoms with Gasteiger partial charge in [0.2, 0.25) is 0 Å². The van der Waals surface area contributed by atoms with Crippen molar-refractivity contribution in [3.05, 3.63) is 28.2 Å². The Morgan fingerprint density at radius 3 is 2.63 bits per heavy atom. The van der Waals surface area contributed by atoms with Crippen LogP contribution < -0.4 is 10.6 Å². The van der Waals surface area contributed by atoms with Crippen LogP contribution >= 0.6 is 15.9 Å². The SMILES string of the molecule is Cc1cc(NC(=O)NCC2(C(=O)O)CC2)ccc1Br. The number of aliphatic carboxylic acids is 1. The molecular weight excluding hydrogens is 312 g/mol. The number of carboxylic acid groups (broad SMARTS) is 1. The molecule has 0 heterocycles. The van der Waals surface area contributed by atoms with Crippen LogP contribution in [-0.4, -0.2) is 23.7 Å². The fraction of sp³-hybridized carbons (Fsp3) is 0.385. The summed E-state index contributed by atoms with van der Waals surface area (Å²) in [6.07, 6.45) is 1.25. The molecule has 19 heavy (non-hydrogen) atoms. The van der Waals surface area contributed by atoms with E-state index in [1.54, 1.807) is 6.07 Å². The number of hydrogen-bond donors (Lipinski definition) is 3. The summed E-state index contributed by atoms with van der Waals surface area (Å²) < 4.78 is 0.973. The molecule has 0 spiro atoms. The molecule has 1 aromatic carbocycles. The van der Waals surface area contributed by atoms with Gasteiger partial charge in [0.25, 0.3) is 0 Å². The van der Waals surface area contributed by atoms with E-state index >= 15 is 0 Å². The summed E-state index contributed by atoms with van der Waals surface area (Å²) in [5.41, 5.74) is 0.952. The van der Waals surface area contributed by atoms with E-state index in [0.717, 1.165) is 10.0 Å². The van der Waals surface area contributed by atoms with E-state index in [4.69, 9.17) is 5.11 Å². The average Bonchev–Trinajstić information content (AvgIpc) is 3.13. The summed E-state index contributed by atoms with van der Waals surface area (Å²) >= 11 is 3.38. The first-order valence-corrected chi connectivity index (χ1v) is 6.77. The van der Waals surface area contributed by atoms with Crippen LogP contribution in [0.1, 0.15) is 18.4 Å². The molecular formula is C13H15BrN2O3. The lowest BCUT2D eigenvalue weighted by atomic mass is 10.1. The molecule has 0 unspecified atom stereocenters. The topological polar surface area (TPSA) is 78.4 Å². The van der Waals surface area contributed by atoms with Gasteiger partial charge in [-0.3, -0.25) is 4.79 Å². The number of carbonyl (C=O) groups is 2. The lowest BCUT2D eigenvalue weighted by molar-refractivity contribution is -0.143. The van der Waals surface area contributed by atoms with Crippen molar-refractivity contribution in [3.63, 3.8) is 0 Å². The Kier molecular flexibility index (Phi) is 3.80. The number of hydrogen-bond acceptors (Lipinski definition) is 2. The third-order valence-electron chi connectivity index (χ3n) is 3.31. The number of carboxylic acids is 1. The second-order valence-electron chi connectivity index (χ2n) is 4.86. The molecule has 0 radical (unpaired) electrons. The number of rotatable bonds is 4. The highest BCUT2D eigenvalue weighted by atomic mass is 79.9. The van der Waals surface area contributed by atoms with Gasteiger partial charge in [-0.1, -0.05) is 15.9 Å². The third kappa shape index (κ3) is 3.26. The minimum Gasteiger partial charge on any atom is -0.481 e. The van der Waals surface area contributed by atoms with Gasteiger partial charge in [0.05, 0.1) is 5.41 Å². The van der Waals surface area contributed by atoms with Crippen LogP contribution in [-0.2, 0) is 4.79 Å². The smallest absolute Gasteiger partial charge is 0.319 e. The summed E-state index contributed by atoms with van der Waals surface area (Å²) in [7, 11) is 0. The normalized spacial score (nSPS) is 15.7. The quantitative estimate of drug-likeness (QED) is 0.796. The molecule has 0 saturated heterocycles. The third-order valence-corrected chi connectivity index (χ3v) is 4.20. The number of urea groups is 1. The van der Waals surface area contributed by atoms with E-state index in [0.29, 0.717) is 18.5 Å². The van der Waals surface area contributed by atoms with Gasteiger partial charge in [0, 0.05) is 16.7 Å². The molecule has 1 fully saturated rings. The maximum atomic E-state index is 11.7. The van der Waals surface area contributed by atoms with Crippen molar-refractivity contribution >= 4 is 33.6 Å². The second kappa shape index (κ2) is 5.21. The van der Waals surface area contributed by atoms with E-state index in [9.17, 15) is 9.59 Å². The van der Waals surface area contributed by atoms with Crippen LogP contribution in [0.3, 0.4) is 0 Å². The predicted molar refractivity (Wildman–Crippen MR) is 75.2 cm³/mol. The predicted octanol–water partition coefficient (Wildman–Crippen LogP) is 2.74. The fourth-order valence-electron chi connectivity index (χ4n) is 1.76. The number of halogens is 1. The number of anilines is 1. The summed E-state index contributed by atoms with van der Waals surface area (Å²) in [5, 5.41) is 14.3. The molecule has 102 valence electrons. The van der Waals surface area contributed by atoms with Crippen molar-refractivity contribution in [2.75, 3.05) is 11.9 Å². The van der Waals surface area contributed by atoms with Crippen LogP contribution in [0.15, 0.2) is 22.7 Å². The minimum absolute atomic E-state index is 0.170. The molecule has 1 aliphatic carbocycles. The average molecular weight is 327 g/mol. The van der Waals surface area contributed by atoms with Crippen molar-refractivity contribution in [3.8, 4) is 0 Å². The van der Waals surface area contributed by atoms with Gasteiger partial charge in [-0.15, -0.1) is 0 Å². The van der Waals surface area contributed by atoms with Crippen molar-refractivity contribution < 1.29 is 14.7 Å². The molecule has 0 aliphatic heterocycles. The zero-order valence-corrected chi connectivity index (χ0v) is 12.1. The Morgan fingerprint density at radius 1 is 1.42 bits per heavy atom. The lowest BCUT2D eigenvalue weighted by Gasteiger charge is -2.12. The highest BCUT2D eigenvalue weighted by Gasteiger charge is 2.50. The molecule has 1 aromatic rings. The van der Waals surface area contributed by atoms with Crippen molar-refractivity contribution in [1.82, 2.24) is 5.32 Å². The molecule has 3 N–H and O–H groups in total. The van der Waals surface area contributed by atoms with E-state index in [1.165, 1.54) is 0 Å². The summed E-state index contributed by atoms with van der Waals surface area (Å²) in [4.78, 5) is 22.6. The number of nitrogens with one attached hydrogen (secondary N) is 2. The monoisotopic (exact) mass is 326 g/mol. The zero-order valence-electron chi connectivity index (χ0n) is 10.5. The maximum absolute atomic E-state index is 11.7. The number of aryl methyl sites for hydroxylation is 1. The van der Waals surface area contributed by atoms with Crippen LogP contribution in [0, 0.1) is 12.3 Å². The number of carbonyl (C=O) groups excluding carboxylic acids is 1. The molecule has 5 nitrogen and oxygen atoms in total. The van der Waals surface area contributed by atoms with Gasteiger partial charge in [-0.25, -0.2) is 4.79 Å². The summed E-state index contributed by atoms with van der Waals surface area (Å²) in [6, 6.07) is 5.09. The molecule has 1 saturated carbocycles. The Labute approximate surface area is 119 Å². The second-order valence-corrected chi connectivity index (χ2v) is 5.71. The highest BCUT2D eigenvalue weighted by Crippen LogP contribution is 2.45. The highest BCUT2D eigenvalue weighted by molar-refractivity contribution is 9.10. The minimum atomic E-state index is -0.840. The molecule has 0 bridgehead atoms. The van der Waals surface area contributed by atoms with Gasteiger partial charge in [-0.05, 0) is 43.5 Å². The van der Waals surface area contributed by atoms with Gasteiger partial charge >= 0.3 is 12.0 Å². The largest absolute Gasteiger partial charge is 0.481 e. The summed E-state index contributed by atoms with van der Waals surface area (Å²) in [6.45, 7) is 2.10. The number of benzene rings is 1. The molecule has 2 amide bonds. The van der Waals surface area contributed by atoms with E-state index < -0.39 is 11.4 Å². The molecule has 0 aromatic heterocycles. The van der Waals surface area contributed by atoms with Gasteiger partial charge < -0.3 is 15.7 Å². The van der Waals surface area contributed by atoms with Crippen LogP contribution in [0.5, 0.6) is 0 Å². The summed E-state index contributed by atoms with van der Waals surface area (Å²) in [5.74, 6) is -0.840. The van der Waals surface area contributed by atoms with Gasteiger partial charge in [-0.2, -0.15) is 0 Å². The first-order valence-electron chi connectivity index (χ1n) is 5.97.